The highest BCUT2D eigenvalue weighted by Crippen LogP contribution is 2.28. The van der Waals surface area contributed by atoms with Crippen LogP contribution < -0.4 is 5.32 Å². The Morgan fingerprint density at radius 2 is 1.92 bits per heavy atom. The second-order valence-corrected chi connectivity index (χ2v) is 4.99. The van der Waals surface area contributed by atoms with Crippen LogP contribution in [0.4, 0.5) is 0 Å². The summed E-state index contributed by atoms with van der Waals surface area (Å²) in [6, 6.07) is 0. The molecule has 1 nitrogen and oxygen atoms in total. The Bertz CT molecular complexity index is 144. The predicted octanol–water partition coefficient (Wildman–Crippen LogP) is 2.91. The Balaban J connectivity index is 2.30. The zero-order valence-corrected chi connectivity index (χ0v) is 9.64. The number of nitrogens with one attached hydrogen (secondary N) is 1. The second kappa shape index (κ2) is 4.99. The molecular formula is C12H25N. The number of rotatable bonds is 4. The predicted molar refractivity (Wildman–Crippen MR) is 58.8 cm³/mol. The van der Waals surface area contributed by atoms with Gasteiger partial charge in [-0.1, -0.05) is 34.1 Å². The summed E-state index contributed by atoms with van der Waals surface area (Å²) in [6.07, 6.45) is 2.75. The first kappa shape index (κ1) is 11.0. The lowest BCUT2D eigenvalue weighted by Crippen LogP contribution is -2.17. The zero-order valence-electron chi connectivity index (χ0n) is 9.64. The minimum atomic E-state index is 0.895. The first-order chi connectivity index (χ1) is 6.15. The molecule has 0 aromatic carbocycles. The molecule has 1 heterocycles. The van der Waals surface area contributed by atoms with Crippen LogP contribution in [0.1, 0.15) is 40.5 Å². The van der Waals surface area contributed by atoms with Gasteiger partial charge in [0.1, 0.15) is 0 Å². The van der Waals surface area contributed by atoms with E-state index >= 15 is 0 Å². The van der Waals surface area contributed by atoms with Gasteiger partial charge in [-0.2, -0.15) is 0 Å². The van der Waals surface area contributed by atoms with Crippen LogP contribution in [-0.4, -0.2) is 13.1 Å². The lowest BCUT2D eigenvalue weighted by Gasteiger charge is -2.23. The Kier molecular flexibility index (Phi) is 4.24. The van der Waals surface area contributed by atoms with Gasteiger partial charge in [0, 0.05) is 0 Å². The summed E-state index contributed by atoms with van der Waals surface area (Å²) < 4.78 is 0. The highest BCUT2D eigenvalue weighted by molar-refractivity contribution is 4.80. The van der Waals surface area contributed by atoms with Crippen LogP contribution in [0.2, 0.25) is 0 Å². The van der Waals surface area contributed by atoms with Gasteiger partial charge < -0.3 is 5.32 Å². The molecule has 1 N–H and O–H groups in total. The van der Waals surface area contributed by atoms with Gasteiger partial charge in [0.25, 0.3) is 0 Å². The fourth-order valence-electron chi connectivity index (χ4n) is 2.29. The van der Waals surface area contributed by atoms with Gasteiger partial charge in [-0.15, -0.1) is 0 Å². The fourth-order valence-corrected chi connectivity index (χ4v) is 2.29. The first-order valence-corrected chi connectivity index (χ1v) is 5.85. The maximum absolute atomic E-state index is 3.48. The number of hydrogen-bond acceptors (Lipinski definition) is 1. The Hall–Kier alpha value is -0.0400. The Morgan fingerprint density at radius 3 is 2.38 bits per heavy atom. The molecule has 0 aliphatic carbocycles. The molecule has 1 aliphatic heterocycles. The SMILES string of the molecule is CCC(C)C(C)CC1CNCC1C. The lowest BCUT2D eigenvalue weighted by molar-refractivity contribution is 0.278. The van der Waals surface area contributed by atoms with E-state index in [0.717, 1.165) is 23.7 Å². The van der Waals surface area contributed by atoms with Crippen LogP contribution in [0.25, 0.3) is 0 Å². The molecule has 0 aromatic rings. The second-order valence-electron chi connectivity index (χ2n) is 4.99. The summed E-state index contributed by atoms with van der Waals surface area (Å²) in [5.41, 5.74) is 0. The van der Waals surface area contributed by atoms with Gasteiger partial charge in [0.05, 0.1) is 0 Å². The molecular weight excluding hydrogens is 158 g/mol. The van der Waals surface area contributed by atoms with Crippen LogP contribution in [-0.2, 0) is 0 Å². The lowest BCUT2D eigenvalue weighted by atomic mass is 9.82. The van der Waals surface area contributed by atoms with Crippen molar-refractivity contribution >= 4 is 0 Å². The molecule has 0 saturated carbocycles. The molecule has 4 unspecified atom stereocenters. The summed E-state index contributed by atoms with van der Waals surface area (Å²) >= 11 is 0. The van der Waals surface area contributed by atoms with Crippen molar-refractivity contribution in [2.45, 2.75) is 40.5 Å². The molecule has 1 rings (SSSR count). The molecule has 4 atom stereocenters. The van der Waals surface area contributed by atoms with E-state index in [9.17, 15) is 0 Å². The maximum atomic E-state index is 3.48. The average molecular weight is 183 g/mol. The van der Waals surface area contributed by atoms with E-state index in [1.54, 1.807) is 0 Å². The van der Waals surface area contributed by atoms with E-state index in [-0.39, 0.29) is 0 Å². The molecule has 1 fully saturated rings. The molecule has 13 heavy (non-hydrogen) atoms. The van der Waals surface area contributed by atoms with Gasteiger partial charge in [-0.3, -0.25) is 0 Å². The third-order valence-corrected chi connectivity index (χ3v) is 3.97. The molecule has 0 bridgehead atoms. The monoisotopic (exact) mass is 183 g/mol. The van der Waals surface area contributed by atoms with Gasteiger partial charge in [-0.25, -0.2) is 0 Å². The smallest absolute Gasteiger partial charge is 0.00173 e. The fraction of sp³-hybridized carbons (Fsp3) is 1.00. The van der Waals surface area contributed by atoms with Crippen molar-refractivity contribution in [2.75, 3.05) is 13.1 Å². The quantitative estimate of drug-likeness (QED) is 0.706. The van der Waals surface area contributed by atoms with Crippen molar-refractivity contribution in [3.63, 3.8) is 0 Å². The number of hydrogen-bond donors (Lipinski definition) is 1. The molecule has 0 amide bonds. The molecule has 0 radical (unpaired) electrons. The van der Waals surface area contributed by atoms with Gasteiger partial charge >= 0.3 is 0 Å². The van der Waals surface area contributed by atoms with Crippen molar-refractivity contribution in [3.05, 3.63) is 0 Å². The van der Waals surface area contributed by atoms with E-state index in [4.69, 9.17) is 0 Å². The summed E-state index contributed by atoms with van der Waals surface area (Å²) in [6.45, 7) is 12.0. The van der Waals surface area contributed by atoms with Crippen molar-refractivity contribution in [1.82, 2.24) is 5.32 Å². The molecule has 0 spiro atoms. The largest absolute Gasteiger partial charge is 0.316 e. The topological polar surface area (TPSA) is 12.0 Å². The van der Waals surface area contributed by atoms with Crippen LogP contribution in [0.3, 0.4) is 0 Å². The third-order valence-electron chi connectivity index (χ3n) is 3.97. The van der Waals surface area contributed by atoms with E-state index in [1.165, 1.54) is 25.9 Å². The van der Waals surface area contributed by atoms with Crippen molar-refractivity contribution < 1.29 is 0 Å². The highest BCUT2D eigenvalue weighted by Gasteiger charge is 2.25. The standard InChI is InChI=1S/C12H25N/c1-5-9(2)10(3)6-12-8-13-7-11(12)4/h9-13H,5-8H2,1-4H3. The van der Waals surface area contributed by atoms with Crippen molar-refractivity contribution in [2.24, 2.45) is 23.7 Å². The first-order valence-electron chi connectivity index (χ1n) is 5.85. The normalized spacial score (nSPS) is 33.2. The molecule has 0 aromatic heterocycles. The van der Waals surface area contributed by atoms with Crippen LogP contribution in [0, 0.1) is 23.7 Å². The van der Waals surface area contributed by atoms with Gasteiger partial charge in [0.2, 0.25) is 0 Å². The van der Waals surface area contributed by atoms with Gasteiger partial charge in [0.15, 0.2) is 0 Å². The summed E-state index contributed by atoms with van der Waals surface area (Å²) in [5.74, 6) is 3.63. The van der Waals surface area contributed by atoms with Crippen molar-refractivity contribution in [3.8, 4) is 0 Å². The van der Waals surface area contributed by atoms with E-state index in [1.807, 2.05) is 0 Å². The van der Waals surface area contributed by atoms with E-state index in [0.29, 0.717) is 0 Å². The summed E-state index contributed by atoms with van der Waals surface area (Å²) in [7, 11) is 0. The van der Waals surface area contributed by atoms with Crippen LogP contribution >= 0.6 is 0 Å². The Morgan fingerprint density at radius 1 is 1.23 bits per heavy atom. The average Bonchev–Trinajstić information content (AvgIpc) is 2.50. The summed E-state index contributed by atoms with van der Waals surface area (Å²) in [4.78, 5) is 0. The maximum Gasteiger partial charge on any atom is -0.00173 e. The minimum Gasteiger partial charge on any atom is -0.316 e. The molecule has 78 valence electrons. The van der Waals surface area contributed by atoms with Crippen LogP contribution in [0.5, 0.6) is 0 Å². The molecule has 1 aliphatic rings. The van der Waals surface area contributed by atoms with Crippen LogP contribution in [0.15, 0.2) is 0 Å². The zero-order chi connectivity index (χ0) is 9.84. The highest BCUT2D eigenvalue weighted by atomic mass is 14.9. The van der Waals surface area contributed by atoms with Gasteiger partial charge in [-0.05, 0) is 43.2 Å². The van der Waals surface area contributed by atoms with Crippen molar-refractivity contribution in [1.29, 1.82) is 0 Å². The molecule has 1 heteroatoms. The van der Waals surface area contributed by atoms with E-state index < -0.39 is 0 Å². The summed E-state index contributed by atoms with van der Waals surface area (Å²) in [5, 5.41) is 3.48. The minimum absolute atomic E-state index is 0.895. The van der Waals surface area contributed by atoms with E-state index in [2.05, 4.69) is 33.0 Å². The third kappa shape index (κ3) is 2.98. The molecule has 1 saturated heterocycles. The Labute approximate surface area is 83.3 Å².